The molecule has 2 nitrogen and oxygen atoms in total. The lowest BCUT2D eigenvalue weighted by molar-refractivity contribution is -0.122. The van der Waals surface area contributed by atoms with Gasteiger partial charge < -0.3 is 5.32 Å². The smallest absolute Gasteiger partial charge is 0.231 e. The van der Waals surface area contributed by atoms with Gasteiger partial charge in [-0.3, -0.25) is 4.79 Å². The lowest BCUT2D eigenvalue weighted by Gasteiger charge is -2.20. The second-order valence-corrected chi connectivity index (χ2v) is 5.58. The molecule has 0 aliphatic rings. The van der Waals surface area contributed by atoms with Crippen molar-refractivity contribution in [3.8, 4) is 0 Å². The Morgan fingerprint density at radius 2 is 2.12 bits per heavy atom. The molecule has 1 amide bonds. The lowest BCUT2D eigenvalue weighted by atomic mass is 9.95. The summed E-state index contributed by atoms with van der Waals surface area (Å²) in [5.74, 6) is 0.217. The third-order valence-corrected chi connectivity index (χ3v) is 3.65. The molecule has 0 bridgehead atoms. The van der Waals surface area contributed by atoms with Crippen molar-refractivity contribution in [3.05, 3.63) is 28.2 Å². The van der Waals surface area contributed by atoms with Crippen LogP contribution in [0.5, 0.6) is 0 Å². The second-order valence-electron chi connectivity index (χ2n) is 4.45. The van der Waals surface area contributed by atoms with Gasteiger partial charge >= 0.3 is 0 Å². The average molecular weight is 305 g/mol. The van der Waals surface area contributed by atoms with Crippen molar-refractivity contribution in [2.24, 2.45) is 5.41 Å². The van der Waals surface area contributed by atoms with Crippen LogP contribution in [-0.2, 0) is 4.79 Å². The second kappa shape index (κ2) is 5.19. The highest BCUT2D eigenvalue weighted by atomic mass is 79.9. The summed E-state index contributed by atoms with van der Waals surface area (Å²) in [6.07, 6.45) is 0. The van der Waals surface area contributed by atoms with E-state index in [2.05, 4.69) is 21.2 Å². The Hall–Kier alpha value is -0.540. The number of nitrogens with one attached hydrogen (secondary N) is 1. The first kappa shape index (κ1) is 13.5. The third kappa shape index (κ3) is 3.22. The van der Waals surface area contributed by atoms with E-state index in [1.165, 1.54) is 0 Å². The molecular formula is C12H15BrClNO. The van der Waals surface area contributed by atoms with E-state index in [-0.39, 0.29) is 5.91 Å². The van der Waals surface area contributed by atoms with Crippen molar-refractivity contribution in [2.45, 2.75) is 20.8 Å². The van der Waals surface area contributed by atoms with Crippen LogP contribution in [0.4, 0.5) is 5.69 Å². The number of anilines is 1. The fourth-order valence-corrected chi connectivity index (χ4v) is 1.79. The maximum atomic E-state index is 11.9. The Bertz CT molecular complexity index is 404. The molecule has 0 fully saturated rings. The summed E-state index contributed by atoms with van der Waals surface area (Å²) >= 11 is 9.16. The minimum absolute atomic E-state index is 0.0768. The summed E-state index contributed by atoms with van der Waals surface area (Å²) in [7, 11) is 0. The Balaban J connectivity index is 2.85. The SMILES string of the molecule is Cc1ccc(NC(=O)C(C)(C)CCl)c(Br)c1. The molecule has 1 aromatic rings. The molecule has 0 atom stereocenters. The number of aryl methyl sites for hydroxylation is 1. The number of benzene rings is 1. The molecule has 0 unspecified atom stereocenters. The molecule has 1 rings (SSSR count). The summed E-state index contributed by atoms with van der Waals surface area (Å²) in [5.41, 5.74) is 1.35. The van der Waals surface area contributed by atoms with Gasteiger partial charge in [-0.2, -0.15) is 0 Å². The topological polar surface area (TPSA) is 29.1 Å². The van der Waals surface area contributed by atoms with E-state index in [9.17, 15) is 4.79 Å². The van der Waals surface area contributed by atoms with E-state index in [0.29, 0.717) is 5.88 Å². The Morgan fingerprint density at radius 3 is 2.62 bits per heavy atom. The maximum Gasteiger partial charge on any atom is 0.231 e. The molecule has 1 aromatic carbocycles. The van der Waals surface area contributed by atoms with Crippen molar-refractivity contribution in [1.82, 2.24) is 0 Å². The number of amides is 1. The Kier molecular flexibility index (Phi) is 4.39. The summed E-state index contributed by atoms with van der Waals surface area (Å²) in [5, 5.41) is 2.86. The van der Waals surface area contributed by atoms with E-state index in [1.54, 1.807) is 0 Å². The molecule has 0 aliphatic carbocycles. The predicted octanol–water partition coefficient (Wildman–Crippen LogP) is 3.96. The largest absolute Gasteiger partial charge is 0.325 e. The maximum absolute atomic E-state index is 11.9. The van der Waals surface area contributed by atoms with Crippen LogP contribution in [0.3, 0.4) is 0 Å². The van der Waals surface area contributed by atoms with Crippen molar-refractivity contribution in [1.29, 1.82) is 0 Å². The van der Waals surface area contributed by atoms with Gasteiger partial charge in [0.2, 0.25) is 5.91 Å². The summed E-state index contributed by atoms with van der Waals surface area (Å²) in [6.45, 7) is 5.63. The van der Waals surface area contributed by atoms with Crippen molar-refractivity contribution in [3.63, 3.8) is 0 Å². The molecule has 16 heavy (non-hydrogen) atoms. The molecule has 0 saturated carbocycles. The first-order chi connectivity index (χ1) is 7.36. The number of alkyl halides is 1. The van der Waals surface area contributed by atoms with Gasteiger partial charge in [-0.05, 0) is 54.4 Å². The van der Waals surface area contributed by atoms with Crippen LogP contribution in [-0.4, -0.2) is 11.8 Å². The van der Waals surface area contributed by atoms with E-state index in [4.69, 9.17) is 11.6 Å². The molecule has 0 saturated heterocycles. The fraction of sp³-hybridized carbons (Fsp3) is 0.417. The van der Waals surface area contributed by atoms with Crippen LogP contribution < -0.4 is 5.32 Å². The molecule has 0 radical (unpaired) electrons. The van der Waals surface area contributed by atoms with Crippen LogP contribution in [0.15, 0.2) is 22.7 Å². The Morgan fingerprint density at radius 1 is 1.50 bits per heavy atom. The van der Waals surface area contributed by atoms with Crippen molar-refractivity contribution >= 4 is 39.1 Å². The number of carbonyl (C=O) groups excluding carboxylic acids is 1. The molecule has 4 heteroatoms. The quantitative estimate of drug-likeness (QED) is 0.841. The van der Waals surface area contributed by atoms with E-state index in [1.807, 2.05) is 39.0 Å². The monoisotopic (exact) mass is 303 g/mol. The van der Waals surface area contributed by atoms with Crippen LogP contribution in [0.1, 0.15) is 19.4 Å². The number of hydrogen-bond acceptors (Lipinski definition) is 1. The zero-order chi connectivity index (χ0) is 12.3. The minimum atomic E-state index is -0.564. The predicted molar refractivity (Wildman–Crippen MR) is 72.0 cm³/mol. The normalized spacial score (nSPS) is 11.3. The van der Waals surface area contributed by atoms with Gasteiger partial charge in [-0.15, -0.1) is 11.6 Å². The highest BCUT2D eigenvalue weighted by Crippen LogP contribution is 2.26. The van der Waals surface area contributed by atoms with Crippen LogP contribution in [0, 0.1) is 12.3 Å². The number of halogens is 2. The number of rotatable bonds is 3. The first-order valence-corrected chi connectivity index (χ1v) is 6.33. The number of carbonyl (C=O) groups is 1. The van der Waals surface area contributed by atoms with Gasteiger partial charge in [0.05, 0.1) is 11.1 Å². The molecule has 0 aliphatic heterocycles. The zero-order valence-corrected chi connectivity index (χ0v) is 11.9. The zero-order valence-electron chi connectivity index (χ0n) is 9.60. The molecule has 0 heterocycles. The van der Waals surface area contributed by atoms with Crippen LogP contribution >= 0.6 is 27.5 Å². The Labute approximate surface area is 110 Å². The van der Waals surface area contributed by atoms with Gasteiger partial charge in [-0.25, -0.2) is 0 Å². The van der Waals surface area contributed by atoms with Crippen molar-refractivity contribution in [2.75, 3.05) is 11.2 Å². The minimum Gasteiger partial charge on any atom is -0.325 e. The van der Waals surface area contributed by atoms with Gasteiger partial charge in [0.15, 0.2) is 0 Å². The summed E-state index contributed by atoms with van der Waals surface area (Å²) < 4.78 is 0.881. The fourth-order valence-electron chi connectivity index (χ4n) is 1.07. The van der Waals surface area contributed by atoms with Gasteiger partial charge in [0.1, 0.15) is 0 Å². The first-order valence-electron chi connectivity index (χ1n) is 5.00. The van der Waals surface area contributed by atoms with Crippen LogP contribution in [0.25, 0.3) is 0 Å². The molecule has 1 N–H and O–H groups in total. The summed E-state index contributed by atoms with van der Waals surface area (Å²) in [4.78, 5) is 11.9. The standard InChI is InChI=1S/C12H15BrClNO/c1-8-4-5-10(9(13)6-8)15-11(16)12(2,3)7-14/h4-6H,7H2,1-3H3,(H,15,16). The molecule has 0 spiro atoms. The number of hydrogen-bond donors (Lipinski definition) is 1. The van der Waals surface area contributed by atoms with Gasteiger partial charge in [0.25, 0.3) is 0 Å². The van der Waals surface area contributed by atoms with Crippen molar-refractivity contribution < 1.29 is 4.79 Å². The average Bonchev–Trinajstić information content (AvgIpc) is 2.22. The third-order valence-electron chi connectivity index (χ3n) is 2.32. The van der Waals surface area contributed by atoms with Gasteiger partial charge in [-0.1, -0.05) is 6.07 Å². The lowest BCUT2D eigenvalue weighted by Crippen LogP contribution is -2.32. The molecular weight excluding hydrogens is 289 g/mol. The summed E-state index contributed by atoms with van der Waals surface area (Å²) in [6, 6.07) is 5.79. The van der Waals surface area contributed by atoms with Crippen LogP contribution in [0.2, 0.25) is 0 Å². The highest BCUT2D eigenvalue weighted by molar-refractivity contribution is 9.10. The van der Waals surface area contributed by atoms with E-state index >= 15 is 0 Å². The molecule has 0 aromatic heterocycles. The molecule has 88 valence electrons. The van der Waals surface area contributed by atoms with E-state index < -0.39 is 5.41 Å². The highest BCUT2D eigenvalue weighted by Gasteiger charge is 2.26. The van der Waals surface area contributed by atoms with Gasteiger partial charge in [0, 0.05) is 10.4 Å². The van der Waals surface area contributed by atoms with E-state index in [0.717, 1.165) is 15.7 Å².